The lowest BCUT2D eigenvalue weighted by Gasteiger charge is -2.32. The number of benzene rings is 1. The van der Waals surface area contributed by atoms with Gasteiger partial charge in [0, 0.05) is 29.9 Å². The van der Waals surface area contributed by atoms with Crippen molar-refractivity contribution in [2.45, 2.75) is 38.8 Å². The first kappa shape index (κ1) is 21.3. The standard InChI is InChI=1S/C21H26ClN3O4/c1-21(2,3)25-20(26)29-18-8-9-27-12-15(18)13-28-17-6-4-14(5-7-17)19-23-10-16(22)11-24-19/h4-7,10-11,15,18H,8-9,12-13H2,1-3H3,(H,25,26)/t15-,18+/m1/s1. The Bertz CT molecular complexity index is 806. The highest BCUT2D eigenvalue weighted by Gasteiger charge is 2.30. The van der Waals surface area contributed by atoms with Gasteiger partial charge in [-0.1, -0.05) is 11.6 Å². The molecule has 1 aromatic heterocycles. The summed E-state index contributed by atoms with van der Waals surface area (Å²) in [4.78, 5) is 20.5. The van der Waals surface area contributed by atoms with Crippen LogP contribution >= 0.6 is 11.6 Å². The SMILES string of the molecule is CC(C)(C)NC(=O)O[C@H]1CCOC[C@@H]1COc1ccc(-c2ncc(Cl)cn2)cc1. The molecule has 1 fully saturated rings. The number of nitrogens with zero attached hydrogens (tertiary/aromatic N) is 2. The van der Waals surface area contributed by atoms with Gasteiger partial charge in [0.25, 0.3) is 0 Å². The van der Waals surface area contributed by atoms with Crippen molar-refractivity contribution in [3.63, 3.8) is 0 Å². The van der Waals surface area contributed by atoms with Crippen LogP contribution in [0.5, 0.6) is 5.75 Å². The van der Waals surface area contributed by atoms with Crippen molar-refractivity contribution in [1.29, 1.82) is 0 Å². The summed E-state index contributed by atoms with van der Waals surface area (Å²) in [6.45, 7) is 7.20. The van der Waals surface area contributed by atoms with Gasteiger partial charge in [-0.2, -0.15) is 0 Å². The maximum atomic E-state index is 12.1. The van der Waals surface area contributed by atoms with E-state index in [1.807, 2.05) is 45.0 Å². The molecule has 1 aliphatic rings. The van der Waals surface area contributed by atoms with Crippen molar-refractivity contribution >= 4 is 17.7 Å². The van der Waals surface area contributed by atoms with Crippen LogP contribution in [0.3, 0.4) is 0 Å². The Hall–Kier alpha value is -2.38. The Morgan fingerprint density at radius 1 is 1.24 bits per heavy atom. The average molecular weight is 420 g/mol. The first-order chi connectivity index (χ1) is 13.8. The molecule has 1 saturated heterocycles. The Balaban J connectivity index is 1.55. The molecule has 1 amide bonds. The maximum Gasteiger partial charge on any atom is 0.407 e. The fourth-order valence-electron chi connectivity index (χ4n) is 2.93. The Kier molecular flexibility index (Phi) is 6.92. The van der Waals surface area contributed by atoms with Gasteiger partial charge in [-0.25, -0.2) is 14.8 Å². The van der Waals surface area contributed by atoms with Gasteiger partial charge in [-0.3, -0.25) is 0 Å². The second-order valence-electron chi connectivity index (χ2n) is 8.00. The lowest BCUT2D eigenvalue weighted by Crippen LogP contribution is -2.46. The third-order valence-corrected chi connectivity index (χ3v) is 4.53. The van der Waals surface area contributed by atoms with Crippen LogP contribution in [0.4, 0.5) is 4.79 Å². The monoisotopic (exact) mass is 419 g/mol. The quantitative estimate of drug-likeness (QED) is 0.785. The molecule has 8 heteroatoms. The Morgan fingerprint density at radius 3 is 2.59 bits per heavy atom. The molecule has 0 unspecified atom stereocenters. The lowest BCUT2D eigenvalue weighted by atomic mass is 9.99. The van der Waals surface area contributed by atoms with Crippen LogP contribution in [0.1, 0.15) is 27.2 Å². The molecule has 2 aromatic rings. The van der Waals surface area contributed by atoms with Crippen LogP contribution in [0.2, 0.25) is 5.02 Å². The predicted octanol–water partition coefficient (Wildman–Crippen LogP) is 4.11. The zero-order chi connectivity index (χ0) is 20.9. The van der Waals surface area contributed by atoms with E-state index < -0.39 is 6.09 Å². The van der Waals surface area contributed by atoms with Crippen molar-refractivity contribution in [3.8, 4) is 17.1 Å². The van der Waals surface area contributed by atoms with Crippen molar-refractivity contribution in [2.24, 2.45) is 5.92 Å². The molecular weight excluding hydrogens is 394 g/mol. The van der Waals surface area contributed by atoms with Crippen LogP contribution in [0.15, 0.2) is 36.7 Å². The maximum absolute atomic E-state index is 12.1. The number of alkyl carbamates (subject to hydrolysis) is 1. The molecule has 1 aromatic carbocycles. The summed E-state index contributed by atoms with van der Waals surface area (Å²) in [6, 6.07) is 7.50. The van der Waals surface area contributed by atoms with Crippen LogP contribution in [0.25, 0.3) is 11.4 Å². The van der Waals surface area contributed by atoms with Crippen LogP contribution < -0.4 is 10.1 Å². The lowest BCUT2D eigenvalue weighted by molar-refractivity contribution is -0.0569. The van der Waals surface area contributed by atoms with Gasteiger partial charge in [0.05, 0.1) is 30.8 Å². The molecule has 1 N–H and O–H groups in total. The number of amides is 1. The normalized spacial score (nSPS) is 19.4. The van der Waals surface area contributed by atoms with Gasteiger partial charge in [-0.15, -0.1) is 0 Å². The summed E-state index contributed by atoms with van der Waals surface area (Å²) in [7, 11) is 0. The van der Waals surface area contributed by atoms with Crippen molar-refractivity contribution in [2.75, 3.05) is 19.8 Å². The number of hydrogen-bond donors (Lipinski definition) is 1. The summed E-state index contributed by atoms with van der Waals surface area (Å²) in [6.07, 6.45) is 3.12. The zero-order valence-corrected chi connectivity index (χ0v) is 17.6. The minimum atomic E-state index is -0.415. The fraction of sp³-hybridized carbons (Fsp3) is 0.476. The van der Waals surface area contributed by atoms with E-state index in [0.717, 1.165) is 5.56 Å². The van der Waals surface area contributed by atoms with E-state index in [4.69, 9.17) is 25.8 Å². The molecule has 0 spiro atoms. The Labute approximate surface area is 175 Å². The Morgan fingerprint density at radius 2 is 1.93 bits per heavy atom. The summed E-state index contributed by atoms with van der Waals surface area (Å²) >= 11 is 5.82. The average Bonchev–Trinajstić information content (AvgIpc) is 2.67. The van der Waals surface area contributed by atoms with E-state index in [9.17, 15) is 4.79 Å². The number of ether oxygens (including phenoxy) is 3. The molecule has 1 aliphatic heterocycles. The zero-order valence-electron chi connectivity index (χ0n) is 16.9. The second-order valence-corrected chi connectivity index (χ2v) is 8.44. The van der Waals surface area contributed by atoms with E-state index in [1.54, 1.807) is 12.4 Å². The highest BCUT2D eigenvalue weighted by molar-refractivity contribution is 6.30. The molecular formula is C21H26ClN3O4. The smallest absolute Gasteiger partial charge is 0.407 e. The predicted molar refractivity (Wildman–Crippen MR) is 110 cm³/mol. The molecule has 156 valence electrons. The first-order valence-electron chi connectivity index (χ1n) is 9.57. The molecule has 3 rings (SSSR count). The molecule has 2 heterocycles. The van der Waals surface area contributed by atoms with E-state index in [-0.39, 0.29) is 17.6 Å². The van der Waals surface area contributed by atoms with Gasteiger partial charge in [0.2, 0.25) is 0 Å². The summed E-state index contributed by atoms with van der Waals surface area (Å²) in [5.74, 6) is 1.28. The number of hydrogen-bond acceptors (Lipinski definition) is 6. The topological polar surface area (TPSA) is 82.6 Å². The van der Waals surface area contributed by atoms with Crippen LogP contribution in [0, 0.1) is 5.92 Å². The van der Waals surface area contributed by atoms with Gasteiger partial charge >= 0.3 is 6.09 Å². The second kappa shape index (κ2) is 9.41. The highest BCUT2D eigenvalue weighted by atomic mass is 35.5. The molecule has 0 saturated carbocycles. The van der Waals surface area contributed by atoms with Gasteiger partial charge in [0.15, 0.2) is 5.82 Å². The van der Waals surface area contributed by atoms with Crippen LogP contribution in [-0.2, 0) is 9.47 Å². The first-order valence-corrected chi connectivity index (χ1v) is 9.95. The summed E-state index contributed by atoms with van der Waals surface area (Å²) in [5.41, 5.74) is 0.527. The van der Waals surface area contributed by atoms with Gasteiger partial charge in [0.1, 0.15) is 11.9 Å². The minimum Gasteiger partial charge on any atom is -0.493 e. The van der Waals surface area contributed by atoms with Crippen molar-refractivity contribution in [1.82, 2.24) is 15.3 Å². The minimum absolute atomic E-state index is 0.0336. The molecule has 0 aliphatic carbocycles. The number of halogens is 1. The number of rotatable bonds is 5. The van der Waals surface area contributed by atoms with Crippen LogP contribution in [-0.4, -0.2) is 47.5 Å². The summed E-state index contributed by atoms with van der Waals surface area (Å²) < 4.78 is 17.1. The molecule has 7 nitrogen and oxygen atoms in total. The fourth-order valence-corrected chi connectivity index (χ4v) is 3.02. The number of carbonyl (C=O) groups excluding carboxylic acids is 1. The number of carbonyl (C=O) groups is 1. The van der Waals surface area contributed by atoms with Gasteiger partial charge in [-0.05, 0) is 45.0 Å². The third-order valence-electron chi connectivity index (χ3n) is 4.34. The molecule has 0 radical (unpaired) electrons. The van der Waals surface area contributed by atoms with E-state index in [1.165, 1.54) is 0 Å². The molecule has 0 bridgehead atoms. The van der Waals surface area contributed by atoms with Gasteiger partial charge < -0.3 is 19.5 Å². The van der Waals surface area contributed by atoms with Crippen molar-refractivity contribution in [3.05, 3.63) is 41.7 Å². The number of nitrogens with one attached hydrogen (secondary N) is 1. The highest BCUT2D eigenvalue weighted by Crippen LogP contribution is 2.23. The van der Waals surface area contributed by atoms with E-state index in [0.29, 0.717) is 42.8 Å². The van der Waals surface area contributed by atoms with E-state index >= 15 is 0 Å². The number of aromatic nitrogens is 2. The third kappa shape index (κ3) is 6.58. The summed E-state index contributed by atoms with van der Waals surface area (Å²) in [5, 5.41) is 3.32. The molecule has 29 heavy (non-hydrogen) atoms. The van der Waals surface area contributed by atoms with E-state index in [2.05, 4.69) is 15.3 Å². The largest absolute Gasteiger partial charge is 0.493 e. The van der Waals surface area contributed by atoms with Crippen molar-refractivity contribution < 1.29 is 19.0 Å². The molecule has 2 atom stereocenters.